The Morgan fingerprint density at radius 3 is 2.29 bits per heavy atom. The molecule has 0 aliphatic carbocycles. The summed E-state index contributed by atoms with van der Waals surface area (Å²) in [7, 11) is 1.58. The molecule has 1 fully saturated rings. The van der Waals surface area contributed by atoms with Gasteiger partial charge >= 0.3 is 6.18 Å². The number of halogens is 4. The van der Waals surface area contributed by atoms with E-state index in [9.17, 15) is 22.8 Å². The number of carbonyl (C=O) groups excluding carboxylic acids is 2. The Morgan fingerprint density at radius 1 is 1.03 bits per heavy atom. The van der Waals surface area contributed by atoms with E-state index in [1.165, 1.54) is 23.1 Å². The summed E-state index contributed by atoms with van der Waals surface area (Å²) in [5, 5.41) is 0. The highest BCUT2D eigenvalue weighted by molar-refractivity contribution is 9.10. The van der Waals surface area contributed by atoms with Crippen molar-refractivity contribution < 1.29 is 27.5 Å². The molecule has 1 heterocycles. The molecule has 1 aliphatic rings. The van der Waals surface area contributed by atoms with E-state index >= 15 is 0 Å². The molecule has 9 heteroatoms. The molecule has 2 aromatic carbocycles. The largest absolute Gasteiger partial charge is 0.496 e. The van der Waals surface area contributed by atoms with Gasteiger partial charge in [-0.05, 0) is 52.2 Å². The molecule has 1 aliphatic heterocycles. The van der Waals surface area contributed by atoms with Crippen LogP contribution in [-0.2, 0) is 17.4 Å². The lowest BCUT2D eigenvalue weighted by Gasteiger charge is -2.35. The highest BCUT2D eigenvalue weighted by atomic mass is 79.9. The molecule has 0 atom stereocenters. The van der Waals surface area contributed by atoms with Crippen molar-refractivity contribution in [3.8, 4) is 5.75 Å². The Hall–Kier alpha value is -2.55. The van der Waals surface area contributed by atoms with Gasteiger partial charge in [-0.15, -0.1) is 0 Å². The molecule has 0 spiro atoms. The maximum absolute atomic E-state index is 13.2. The number of aryl methyl sites for hydroxylation is 1. The smallest absolute Gasteiger partial charge is 0.417 e. The number of hydrogen-bond acceptors (Lipinski definition) is 3. The van der Waals surface area contributed by atoms with Crippen LogP contribution < -0.4 is 4.74 Å². The van der Waals surface area contributed by atoms with Crippen molar-refractivity contribution in [1.82, 2.24) is 9.80 Å². The van der Waals surface area contributed by atoms with Crippen LogP contribution >= 0.6 is 15.9 Å². The fourth-order valence-corrected chi connectivity index (χ4v) is 4.11. The fourth-order valence-electron chi connectivity index (χ4n) is 3.52. The standard InChI is InChI=1S/C22H22BrF3N2O3/c1-31-19-8-6-15(14-18(19)23)7-9-20(29)27-10-12-28(13-11-27)21(30)16-4-2-3-5-17(16)22(24,25)26/h2-6,8,14H,7,9-13H2,1H3. The molecule has 1 saturated heterocycles. The normalized spacial score (nSPS) is 14.5. The summed E-state index contributed by atoms with van der Waals surface area (Å²) in [5.41, 5.74) is -0.317. The Morgan fingerprint density at radius 2 is 1.68 bits per heavy atom. The van der Waals surface area contributed by atoms with Gasteiger partial charge in [0.15, 0.2) is 0 Å². The summed E-state index contributed by atoms with van der Waals surface area (Å²) in [6, 6.07) is 10.4. The van der Waals surface area contributed by atoms with Crippen LogP contribution in [0.3, 0.4) is 0 Å². The molecule has 2 aromatic rings. The van der Waals surface area contributed by atoms with Gasteiger partial charge in [0.2, 0.25) is 5.91 Å². The van der Waals surface area contributed by atoms with Crippen LogP contribution in [0.1, 0.15) is 27.9 Å². The maximum Gasteiger partial charge on any atom is 0.417 e. The molecule has 5 nitrogen and oxygen atoms in total. The Kier molecular flexibility index (Phi) is 7.25. The van der Waals surface area contributed by atoms with Crippen LogP contribution in [0.5, 0.6) is 5.75 Å². The number of alkyl halides is 3. The molecule has 0 N–H and O–H groups in total. The Labute approximate surface area is 186 Å². The van der Waals surface area contributed by atoms with Crippen LogP contribution in [0.25, 0.3) is 0 Å². The first-order chi connectivity index (χ1) is 14.7. The van der Waals surface area contributed by atoms with E-state index in [-0.39, 0.29) is 24.6 Å². The molecular formula is C22H22BrF3N2O3. The maximum atomic E-state index is 13.2. The van der Waals surface area contributed by atoms with E-state index in [1.807, 2.05) is 18.2 Å². The van der Waals surface area contributed by atoms with Gasteiger partial charge in [-0.3, -0.25) is 9.59 Å². The number of amides is 2. The number of benzene rings is 2. The van der Waals surface area contributed by atoms with E-state index in [1.54, 1.807) is 12.0 Å². The number of methoxy groups -OCH3 is 1. The number of rotatable bonds is 5. The quantitative estimate of drug-likeness (QED) is 0.614. The summed E-state index contributed by atoms with van der Waals surface area (Å²) in [4.78, 5) is 28.2. The van der Waals surface area contributed by atoms with E-state index in [4.69, 9.17) is 4.74 Å². The minimum Gasteiger partial charge on any atom is -0.496 e. The molecule has 166 valence electrons. The summed E-state index contributed by atoms with van der Waals surface area (Å²) in [5.74, 6) is 0.000741. The first-order valence-electron chi connectivity index (χ1n) is 9.76. The van der Waals surface area contributed by atoms with Crippen molar-refractivity contribution in [1.29, 1.82) is 0 Å². The number of carbonyl (C=O) groups is 2. The molecule has 2 amide bonds. The van der Waals surface area contributed by atoms with Crippen molar-refractivity contribution >= 4 is 27.7 Å². The highest BCUT2D eigenvalue weighted by Crippen LogP contribution is 2.32. The molecule has 3 rings (SSSR count). The van der Waals surface area contributed by atoms with E-state index < -0.39 is 17.6 Å². The monoisotopic (exact) mass is 498 g/mol. The van der Waals surface area contributed by atoms with Crippen LogP contribution in [0, 0.1) is 0 Å². The van der Waals surface area contributed by atoms with Crippen LogP contribution in [-0.4, -0.2) is 54.9 Å². The average molecular weight is 499 g/mol. The van der Waals surface area contributed by atoms with E-state index in [0.29, 0.717) is 31.7 Å². The molecule has 0 radical (unpaired) electrons. The first-order valence-corrected chi connectivity index (χ1v) is 10.6. The number of hydrogen-bond donors (Lipinski definition) is 0. The fraction of sp³-hybridized carbons (Fsp3) is 0.364. The Balaban J connectivity index is 1.55. The van der Waals surface area contributed by atoms with Gasteiger partial charge in [0.05, 0.1) is 22.7 Å². The molecule has 0 saturated carbocycles. The van der Waals surface area contributed by atoms with Gasteiger partial charge in [-0.1, -0.05) is 18.2 Å². The van der Waals surface area contributed by atoms with Gasteiger partial charge in [0.25, 0.3) is 5.91 Å². The number of ether oxygens (including phenoxy) is 1. The summed E-state index contributed by atoms with van der Waals surface area (Å²) < 4.78 is 45.6. The third-order valence-corrected chi connectivity index (χ3v) is 5.85. The van der Waals surface area contributed by atoms with Crippen molar-refractivity contribution in [2.45, 2.75) is 19.0 Å². The second kappa shape index (κ2) is 9.72. The summed E-state index contributed by atoms with van der Waals surface area (Å²) in [6.45, 7) is 0.992. The molecular weight excluding hydrogens is 477 g/mol. The lowest BCUT2D eigenvalue weighted by Crippen LogP contribution is -2.50. The lowest BCUT2D eigenvalue weighted by atomic mass is 10.1. The van der Waals surface area contributed by atoms with Crippen LogP contribution in [0.15, 0.2) is 46.9 Å². The van der Waals surface area contributed by atoms with Crippen molar-refractivity contribution in [3.05, 3.63) is 63.6 Å². The van der Waals surface area contributed by atoms with Crippen LogP contribution in [0.2, 0.25) is 0 Å². The van der Waals surface area contributed by atoms with E-state index in [0.717, 1.165) is 16.1 Å². The van der Waals surface area contributed by atoms with E-state index in [2.05, 4.69) is 15.9 Å². The van der Waals surface area contributed by atoms with Crippen molar-refractivity contribution in [2.75, 3.05) is 33.3 Å². The zero-order valence-electron chi connectivity index (χ0n) is 16.9. The third kappa shape index (κ3) is 5.58. The van der Waals surface area contributed by atoms with Gasteiger partial charge in [-0.25, -0.2) is 0 Å². The second-order valence-electron chi connectivity index (χ2n) is 7.19. The molecule has 31 heavy (non-hydrogen) atoms. The second-order valence-corrected chi connectivity index (χ2v) is 8.04. The predicted octanol–water partition coefficient (Wildman–Crippen LogP) is 4.39. The van der Waals surface area contributed by atoms with Gasteiger partial charge in [0, 0.05) is 32.6 Å². The Bertz CT molecular complexity index is 957. The average Bonchev–Trinajstić information content (AvgIpc) is 2.76. The first kappa shape index (κ1) is 23.1. The topological polar surface area (TPSA) is 49.9 Å². The summed E-state index contributed by atoms with van der Waals surface area (Å²) in [6.07, 6.45) is -3.73. The minimum atomic E-state index is -4.60. The summed E-state index contributed by atoms with van der Waals surface area (Å²) >= 11 is 3.42. The third-order valence-electron chi connectivity index (χ3n) is 5.23. The van der Waals surface area contributed by atoms with Crippen molar-refractivity contribution in [2.24, 2.45) is 0 Å². The highest BCUT2D eigenvalue weighted by Gasteiger charge is 2.36. The van der Waals surface area contributed by atoms with Crippen molar-refractivity contribution in [3.63, 3.8) is 0 Å². The predicted molar refractivity (Wildman–Crippen MR) is 113 cm³/mol. The van der Waals surface area contributed by atoms with Gasteiger partial charge < -0.3 is 14.5 Å². The lowest BCUT2D eigenvalue weighted by molar-refractivity contribution is -0.138. The SMILES string of the molecule is COc1ccc(CCC(=O)N2CCN(C(=O)c3ccccc3C(F)(F)F)CC2)cc1Br. The molecule has 0 aromatic heterocycles. The zero-order valence-corrected chi connectivity index (χ0v) is 18.5. The molecule has 0 bridgehead atoms. The van der Waals surface area contributed by atoms with Gasteiger partial charge in [-0.2, -0.15) is 13.2 Å². The van der Waals surface area contributed by atoms with Crippen LogP contribution in [0.4, 0.5) is 13.2 Å². The number of piperazine rings is 1. The van der Waals surface area contributed by atoms with Gasteiger partial charge in [0.1, 0.15) is 5.75 Å². The zero-order chi connectivity index (χ0) is 22.6. The molecule has 0 unspecified atom stereocenters. The number of nitrogens with zero attached hydrogens (tertiary/aromatic N) is 2. The minimum absolute atomic E-state index is 0.0465.